The van der Waals surface area contributed by atoms with Gasteiger partial charge in [-0.3, -0.25) is 9.59 Å². The summed E-state index contributed by atoms with van der Waals surface area (Å²) in [5.74, 6) is -3.88. The van der Waals surface area contributed by atoms with Gasteiger partial charge in [-0.1, -0.05) is 11.2 Å². The Morgan fingerprint density at radius 3 is 2.60 bits per heavy atom. The molecule has 42 heavy (non-hydrogen) atoms. The Bertz CT molecular complexity index is 1440. The Kier molecular flexibility index (Phi) is 8.23. The van der Waals surface area contributed by atoms with Crippen LogP contribution in [0.5, 0.6) is 0 Å². The first-order valence-electron chi connectivity index (χ1n) is 13.7. The van der Waals surface area contributed by atoms with Crippen LogP contribution >= 0.6 is 0 Å². The third-order valence-corrected chi connectivity index (χ3v) is 7.69. The number of alkyl halides is 5. The number of halogens is 5. The fourth-order valence-corrected chi connectivity index (χ4v) is 4.88. The maximum absolute atomic E-state index is 13.5. The van der Waals surface area contributed by atoms with Gasteiger partial charge >= 0.3 is 0 Å². The Hall–Kier alpha value is -3.62. The van der Waals surface area contributed by atoms with Crippen molar-refractivity contribution in [1.82, 2.24) is 30.9 Å². The van der Waals surface area contributed by atoms with Gasteiger partial charge in [0.05, 0.1) is 23.7 Å². The van der Waals surface area contributed by atoms with Crippen molar-refractivity contribution in [3.8, 4) is 0 Å². The minimum atomic E-state index is -3.13. The Labute approximate surface area is 237 Å². The van der Waals surface area contributed by atoms with Gasteiger partial charge < -0.3 is 20.4 Å². The second-order valence-electron chi connectivity index (χ2n) is 11.4. The van der Waals surface area contributed by atoms with Crippen LogP contribution in [0.4, 0.5) is 22.0 Å². The van der Waals surface area contributed by atoms with Gasteiger partial charge in [-0.15, -0.1) is 0 Å². The zero-order chi connectivity index (χ0) is 30.2. The normalized spacial score (nSPS) is 19.7. The zero-order valence-corrected chi connectivity index (χ0v) is 22.9. The highest BCUT2D eigenvalue weighted by Crippen LogP contribution is 2.44. The number of aromatic nitrogens is 4. The summed E-state index contributed by atoms with van der Waals surface area (Å²) in [6.07, 6.45) is -2.06. The Morgan fingerprint density at radius 2 is 1.95 bits per heavy atom. The summed E-state index contributed by atoms with van der Waals surface area (Å²) in [6, 6.07) is 3.53. The minimum absolute atomic E-state index is 0.0116. The highest BCUT2D eigenvalue weighted by molar-refractivity contribution is 5.93. The van der Waals surface area contributed by atoms with Gasteiger partial charge in [-0.25, -0.2) is 31.6 Å². The molecule has 0 saturated heterocycles. The van der Waals surface area contributed by atoms with Crippen molar-refractivity contribution in [2.45, 2.75) is 81.9 Å². The number of amides is 2. The van der Waals surface area contributed by atoms with E-state index < -0.39 is 49.2 Å². The summed E-state index contributed by atoms with van der Waals surface area (Å²) in [5, 5.41) is 13.0. The molecule has 228 valence electrons. The number of hydrogen-bond donors (Lipinski definition) is 3. The van der Waals surface area contributed by atoms with Crippen molar-refractivity contribution in [3.63, 3.8) is 0 Å². The number of nitrogens with one attached hydrogen (secondary N) is 3. The van der Waals surface area contributed by atoms with Gasteiger partial charge in [0, 0.05) is 25.2 Å². The molecule has 1 aromatic carbocycles. The topological polar surface area (TPSA) is 135 Å². The molecule has 0 radical (unpaired) electrons. The lowest BCUT2D eigenvalue weighted by Gasteiger charge is -2.34. The molecule has 2 saturated carbocycles. The highest BCUT2D eigenvalue weighted by Gasteiger charge is 2.45. The molecule has 1 unspecified atom stereocenters. The van der Waals surface area contributed by atoms with E-state index in [-0.39, 0.29) is 48.5 Å². The van der Waals surface area contributed by atoms with Crippen molar-refractivity contribution in [3.05, 3.63) is 41.0 Å². The Balaban J connectivity index is 1.33. The van der Waals surface area contributed by atoms with Crippen LogP contribution in [-0.4, -0.2) is 63.3 Å². The van der Waals surface area contributed by atoms with Crippen LogP contribution in [0.1, 0.15) is 91.5 Å². The molecule has 3 aromatic rings. The molecule has 5 rings (SSSR count). The second kappa shape index (κ2) is 11.6. The number of nitrogens with zero attached hydrogens (tertiary/aromatic N) is 3. The number of carbonyl (C=O) groups is 2. The van der Waals surface area contributed by atoms with E-state index in [0.29, 0.717) is 22.3 Å². The van der Waals surface area contributed by atoms with E-state index in [1.165, 1.54) is 0 Å². The van der Waals surface area contributed by atoms with E-state index in [4.69, 9.17) is 9.37 Å². The minimum Gasteiger partial charge on any atom is -0.364 e. The number of imidazole rings is 1. The maximum atomic E-state index is 13.5. The first-order valence-corrected chi connectivity index (χ1v) is 13.7. The fourth-order valence-electron chi connectivity index (χ4n) is 4.88. The van der Waals surface area contributed by atoms with Gasteiger partial charge in [0.2, 0.25) is 11.8 Å². The number of fused-ring (bicyclic) bond motifs is 1. The summed E-state index contributed by atoms with van der Waals surface area (Å²) in [5.41, 5.74) is -0.396. The summed E-state index contributed by atoms with van der Waals surface area (Å²) in [7, 11) is 0. The second-order valence-corrected chi connectivity index (χ2v) is 11.4. The standard InChI is InChI=1S/C27H31F5N6O4/c1-13(33-20(39)7-14-9-27(31,32)10-14)16-5-6-17-18(8-16)35-23(34-17)19(11-41-26(2,12-28)25(29)30)36-24(40)22-21(15-3-4-15)37-42-38-22/h5-6,8,13-15,19,25H,3-4,7,9-12H2,1-2H3,(H,33,39)(H,34,35)(H,36,40)/t13-,19+,26?/m1/s1. The van der Waals surface area contributed by atoms with Crippen LogP contribution in [0, 0.1) is 5.92 Å². The van der Waals surface area contributed by atoms with Crippen LogP contribution < -0.4 is 10.6 Å². The smallest absolute Gasteiger partial charge is 0.276 e. The van der Waals surface area contributed by atoms with Gasteiger partial charge in [-0.05, 0) is 55.5 Å². The highest BCUT2D eigenvalue weighted by atomic mass is 19.3. The predicted octanol–water partition coefficient (Wildman–Crippen LogP) is 4.92. The van der Waals surface area contributed by atoms with E-state index in [9.17, 15) is 31.5 Å². The van der Waals surface area contributed by atoms with E-state index in [1.54, 1.807) is 25.1 Å². The average molecular weight is 599 g/mol. The van der Waals surface area contributed by atoms with Crippen molar-refractivity contribution >= 4 is 22.8 Å². The first-order chi connectivity index (χ1) is 19.9. The van der Waals surface area contributed by atoms with Crippen LogP contribution in [0.3, 0.4) is 0 Å². The summed E-state index contributed by atoms with van der Waals surface area (Å²) >= 11 is 0. The molecule has 0 bridgehead atoms. The van der Waals surface area contributed by atoms with Gasteiger partial charge in [0.1, 0.15) is 24.2 Å². The lowest BCUT2D eigenvalue weighted by molar-refractivity contribution is -0.143. The Morgan fingerprint density at radius 1 is 1.21 bits per heavy atom. The molecule has 2 aromatic heterocycles. The van der Waals surface area contributed by atoms with E-state index >= 15 is 0 Å². The third kappa shape index (κ3) is 6.55. The van der Waals surface area contributed by atoms with Crippen molar-refractivity contribution < 1.29 is 40.9 Å². The van der Waals surface area contributed by atoms with Crippen LogP contribution in [-0.2, 0) is 9.53 Å². The molecule has 3 N–H and O–H groups in total. The molecule has 2 heterocycles. The van der Waals surface area contributed by atoms with E-state index in [0.717, 1.165) is 19.8 Å². The summed E-state index contributed by atoms with van der Waals surface area (Å²) in [6.45, 7) is 0.676. The molecular formula is C27H31F5N6O4. The molecule has 0 aliphatic heterocycles. The van der Waals surface area contributed by atoms with Crippen molar-refractivity contribution in [1.29, 1.82) is 0 Å². The predicted molar refractivity (Wildman–Crippen MR) is 138 cm³/mol. The fraction of sp³-hybridized carbons (Fsp3) is 0.593. The van der Waals surface area contributed by atoms with Crippen LogP contribution in [0.25, 0.3) is 11.0 Å². The quantitative estimate of drug-likeness (QED) is 0.238. The lowest BCUT2D eigenvalue weighted by Crippen LogP contribution is -2.43. The lowest BCUT2D eigenvalue weighted by atomic mass is 9.79. The van der Waals surface area contributed by atoms with Gasteiger partial charge in [-0.2, -0.15) is 0 Å². The van der Waals surface area contributed by atoms with Crippen LogP contribution in [0.15, 0.2) is 22.8 Å². The largest absolute Gasteiger partial charge is 0.364 e. The monoisotopic (exact) mass is 598 g/mol. The van der Waals surface area contributed by atoms with Crippen molar-refractivity contribution in [2.75, 3.05) is 13.3 Å². The molecule has 15 heteroatoms. The summed E-state index contributed by atoms with van der Waals surface area (Å²) in [4.78, 5) is 33.0. The van der Waals surface area contributed by atoms with Gasteiger partial charge in [0.15, 0.2) is 11.3 Å². The third-order valence-electron chi connectivity index (χ3n) is 7.69. The number of aromatic amines is 1. The number of carbonyl (C=O) groups excluding carboxylic acids is 2. The molecule has 0 spiro atoms. The number of benzene rings is 1. The first kappa shape index (κ1) is 29.9. The molecule has 2 aliphatic rings. The SMILES string of the molecule is C[C@@H](NC(=O)CC1CC(F)(F)C1)c1ccc2nc([C@H](COC(C)(CF)C(F)F)NC(=O)c3nonc3C3CC3)[nH]c2c1. The van der Waals surface area contributed by atoms with E-state index in [1.807, 2.05) is 0 Å². The maximum Gasteiger partial charge on any atom is 0.276 e. The number of hydrogen-bond acceptors (Lipinski definition) is 7. The molecule has 2 aliphatic carbocycles. The molecular weight excluding hydrogens is 567 g/mol. The number of H-pyrrole nitrogens is 1. The molecule has 2 fully saturated rings. The number of ether oxygens (including phenoxy) is 1. The summed E-state index contributed by atoms with van der Waals surface area (Å²) < 4.78 is 76.7. The molecule has 10 nitrogen and oxygen atoms in total. The van der Waals surface area contributed by atoms with Crippen LogP contribution in [0.2, 0.25) is 0 Å². The van der Waals surface area contributed by atoms with E-state index in [2.05, 4.69) is 30.9 Å². The number of rotatable bonds is 13. The van der Waals surface area contributed by atoms with Crippen molar-refractivity contribution in [2.24, 2.45) is 5.92 Å². The molecule has 3 atom stereocenters. The average Bonchev–Trinajstić information content (AvgIpc) is 3.48. The van der Waals surface area contributed by atoms with Gasteiger partial charge in [0.25, 0.3) is 12.3 Å². The molecule has 2 amide bonds. The zero-order valence-electron chi connectivity index (χ0n) is 22.9.